The lowest BCUT2D eigenvalue weighted by molar-refractivity contribution is -0.192. The third-order valence-electron chi connectivity index (χ3n) is 1.50. The number of nitrogen functional groups attached to an aromatic ring is 1. The van der Waals surface area contributed by atoms with Gasteiger partial charge in [-0.3, -0.25) is 5.41 Å². The van der Waals surface area contributed by atoms with Crippen molar-refractivity contribution in [2.24, 2.45) is 5.73 Å². The van der Waals surface area contributed by atoms with E-state index in [1.807, 2.05) is 0 Å². The average molecular weight is 268 g/mol. The number of benzene rings is 1. The van der Waals surface area contributed by atoms with Crippen LogP contribution in [0.2, 0.25) is 0 Å². The monoisotopic (exact) mass is 268 g/mol. The largest absolute Gasteiger partial charge is 0.505 e. The van der Waals surface area contributed by atoms with Gasteiger partial charge in [-0.25, -0.2) is 9.18 Å². The third kappa shape index (κ3) is 5.14. The number of phenols is 1. The molecule has 0 aliphatic carbocycles. The Bertz CT molecular complexity index is 460. The quantitative estimate of drug-likeness (QED) is 0.351. The summed E-state index contributed by atoms with van der Waals surface area (Å²) in [7, 11) is 0. The number of alkyl halides is 3. The Balaban J connectivity index is 0.000000360. The first-order valence-corrected chi connectivity index (χ1v) is 4.18. The number of rotatable bonds is 1. The molecule has 9 heteroatoms. The van der Waals surface area contributed by atoms with Crippen molar-refractivity contribution in [2.45, 2.75) is 6.18 Å². The Morgan fingerprint density at radius 2 is 1.78 bits per heavy atom. The van der Waals surface area contributed by atoms with Gasteiger partial charge in [-0.1, -0.05) is 0 Å². The predicted octanol–water partition coefficient (Wildman–Crippen LogP) is 1.45. The molecule has 0 atom stereocenters. The maximum absolute atomic E-state index is 12.5. The maximum atomic E-state index is 12.5. The van der Waals surface area contributed by atoms with E-state index >= 15 is 0 Å². The standard InChI is InChI=1S/C7H7FN2O.C2HF3O2/c8-5-3-4(7(9)10)1-2-6(5)11;3-2(4,5)1(6)7/h1-3,11H,(H3,9,10);(H,6,7). The number of halogens is 4. The van der Waals surface area contributed by atoms with E-state index in [1.165, 1.54) is 6.07 Å². The van der Waals surface area contributed by atoms with Gasteiger partial charge in [0.1, 0.15) is 5.84 Å². The minimum atomic E-state index is -5.08. The first-order chi connectivity index (χ1) is 8.05. The second-order valence-corrected chi connectivity index (χ2v) is 2.88. The number of amidine groups is 1. The Morgan fingerprint density at radius 1 is 1.33 bits per heavy atom. The number of nitrogens with one attached hydrogen (secondary N) is 1. The van der Waals surface area contributed by atoms with E-state index in [0.29, 0.717) is 0 Å². The van der Waals surface area contributed by atoms with Gasteiger partial charge in [0.15, 0.2) is 11.6 Å². The fourth-order valence-electron chi connectivity index (χ4n) is 0.674. The normalized spacial score (nSPS) is 10.2. The molecule has 0 aliphatic heterocycles. The van der Waals surface area contributed by atoms with Crippen LogP contribution < -0.4 is 5.73 Å². The number of carboxylic acids is 1. The van der Waals surface area contributed by atoms with Crippen LogP contribution in [0.25, 0.3) is 0 Å². The van der Waals surface area contributed by atoms with Gasteiger partial charge in [-0.15, -0.1) is 0 Å². The zero-order chi connectivity index (χ0) is 14.5. The van der Waals surface area contributed by atoms with Crippen molar-refractivity contribution in [3.63, 3.8) is 0 Å². The van der Waals surface area contributed by atoms with Gasteiger partial charge in [-0.05, 0) is 18.2 Å². The highest BCUT2D eigenvalue weighted by Gasteiger charge is 2.38. The second-order valence-electron chi connectivity index (χ2n) is 2.88. The molecule has 0 unspecified atom stereocenters. The van der Waals surface area contributed by atoms with Crippen molar-refractivity contribution in [2.75, 3.05) is 0 Å². The summed E-state index contributed by atoms with van der Waals surface area (Å²) in [6, 6.07) is 3.55. The lowest BCUT2D eigenvalue weighted by atomic mass is 10.2. The fraction of sp³-hybridized carbons (Fsp3) is 0.111. The van der Waals surface area contributed by atoms with Crippen molar-refractivity contribution < 1.29 is 32.6 Å². The second kappa shape index (κ2) is 5.84. The molecular formula is C9H8F4N2O3. The molecule has 0 fully saturated rings. The lowest BCUT2D eigenvalue weighted by Gasteiger charge is -1.98. The first-order valence-electron chi connectivity index (χ1n) is 4.18. The zero-order valence-electron chi connectivity index (χ0n) is 8.62. The fourth-order valence-corrected chi connectivity index (χ4v) is 0.674. The van der Waals surface area contributed by atoms with Gasteiger partial charge in [0.2, 0.25) is 0 Å². The van der Waals surface area contributed by atoms with E-state index in [0.717, 1.165) is 12.1 Å². The number of phenolic OH excluding ortho intramolecular Hbond substituents is 1. The van der Waals surface area contributed by atoms with Crippen LogP contribution in [0.1, 0.15) is 5.56 Å². The van der Waals surface area contributed by atoms with E-state index in [2.05, 4.69) is 0 Å². The number of aromatic hydroxyl groups is 1. The molecule has 100 valence electrons. The van der Waals surface area contributed by atoms with Gasteiger partial charge in [0.25, 0.3) is 0 Å². The molecule has 0 bridgehead atoms. The molecule has 5 N–H and O–H groups in total. The molecule has 0 heterocycles. The minimum absolute atomic E-state index is 0.219. The van der Waals surface area contributed by atoms with Crippen molar-refractivity contribution in [1.82, 2.24) is 0 Å². The highest BCUT2D eigenvalue weighted by molar-refractivity contribution is 5.95. The zero-order valence-corrected chi connectivity index (χ0v) is 8.62. The van der Waals surface area contributed by atoms with Crippen LogP contribution in [-0.4, -0.2) is 28.2 Å². The maximum Gasteiger partial charge on any atom is 0.490 e. The van der Waals surface area contributed by atoms with E-state index in [4.69, 9.17) is 26.2 Å². The molecule has 0 spiro atoms. The number of hydrogen-bond acceptors (Lipinski definition) is 3. The molecule has 0 aliphatic rings. The summed E-state index contributed by atoms with van der Waals surface area (Å²) in [6.45, 7) is 0. The SMILES string of the molecule is N=C(N)c1ccc(O)c(F)c1.O=C(O)C(F)(F)F. The van der Waals surface area contributed by atoms with E-state index in [-0.39, 0.29) is 11.4 Å². The summed E-state index contributed by atoms with van der Waals surface area (Å²) in [5.41, 5.74) is 5.33. The van der Waals surface area contributed by atoms with Crippen LogP contribution in [0, 0.1) is 11.2 Å². The molecule has 5 nitrogen and oxygen atoms in total. The van der Waals surface area contributed by atoms with Gasteiger partial charge >= 0.3 is 12.1 Å². The number of carbonyl (C=O) groups is 1. The summed E-state index contributed by atoms with van der Waals surface area (Å²) in [4.78, 5) is 8.90. The van der Waals surface area contributed by atoms with E-state index in [9.17, 15) is 17.6 Å². The average Bonchev–Trinajstić information content (AvgIpc) is 2.21. The lowest BCUT2D eigenvalue weighted by Crippen LogP contribution is -2.21. The smallest absolute Gasteiger partial charge is 0.490 e. The Hall–Kier alpha value is -2.32. The van der Waals surface area contributed by atoms with Crippen molar-refractivity contribution in [1.29, 1.82) is 5.41 Å². The van der Waals surface area contributed by atoms with E-state index in [1.54, 1.807) is 0 Å². The molecule has 0 radical (unpaired) electrons. The summed E-state index contributed by atoms with van der Waals surface area (Å²) in [5.74, 6) is -4.18. The Labute approximate surface area is 98.0 Å². The Morgan fingerprint density at radius 3 is 2.06 bits per heavy atom. The number of carboxylic acid groups (broad SMARTS) is 1. The van der Waals surface area contributed by atoms with Gasteiger partial charge in [0.05, 0.1) is 0 Å². The van der Waals surface area contributed by atoms with Crippen LogP contribution >= 0.6 is 0 Å². The molecule has 1 aromatic rings. The number of hydrogen-bond donors (Lipinski definition) is 4. The molecule has 0 amide bonds. The van der Waals surface area contributed by atoms with Gasteiger partial charge in [0, 0.05) is 5.56 Å². The number of nitrogens with two attached hydrogens (primary N) is 1. The third-order valence-corrected chi connectivity index (χ3v) is 1.50. The molecule has 0 aromatic heterocycles. The number of aliphatic carboxylic acids is 1. The van der Waals surface area contributed by atoms with Crippen molar-refractivity contribution >= 4 is 11.8 Å². The molecule has 0 saturated heterocycles. The van der Waals surface area contributed by atoms with Crippen molar-refractivity contribution in [3.05, 3.63) is 29.6 Å². The molecule has 1 rings (SSSR count). The van der Waals surface area contributed by atoms with Crippen LogP contribution in [0.15, 0.2) is 18.2 Å². The summed E-state index contributed by atoms with van der Waals surface area (Å²) >= 11 is 0. The molecule has 0 saturated carbocycles. The molecular weight excluding hydrogens is 260 g/mol. The van der Waals surface area contributed by atoms with E-state index < -0.39 is 23.7 Å². The predicted molar refractivity (Wildman–Crippen MR) is 52.8 cm³/mol. The minimum Gasteiger partial charge on any atom is -0.505 e. The topological polar surface area (TPSA) is 107 Å². The molecule has 18 heavy (non-hydrogen) atoms. The highest BCUT2D eigenvalue weighted by Crippen LogP contribution is 2.15. The van der Waals surface area contributed by atoms with Gasteiger partial charge in [-0.2, -0.15) is 13.2 Å². The first kappa shape index (κ1) is 15.7. The summed E-state index contributed by atoms with van der Waals surface area (Å²) in [5, 5.41) is 22.8. The van der Waals surface area contributed by atoms with Crippen LogP contribution in [0.4, 0.5) is 17.6 Å². The van der Waals surface area contributed by atoms with Crippen LogP contribution in [-0.2, 0) is 4.79 Å². The van der Waals surface area contributed by atoms with Crippen molar-refractivity contribution in [3.8, 4) is 5.75 Å². The molecule has 1 aromatic carbocycles. The highest BCUT2D eigenvalue weighted by atomic mass is 19.4. The van der Waals surface area contributed by atoms with Crippen LogP contribution in [0.3, 0.4) is 0 Å². The Kier molecular flexibility index (Phi) is 5.09. The van der Waals surface area contributed by atoms with Crippen LogP contribution in [0.5, 0.6) is 5.75 Å². The van der Waals surface area contributed by atoms with Gasteiger partial charge < -0.3 is 15.9 Å². The summed E-state index contributed by atoms with van der Waals surface area (Å²) < 4.78 is 44.3. The summed E-state index contributed by atoms with van der Waals surface area (Å²) in [6.07, 6.45) is -5.08.